The van der Waals surface area contributed by atoms with Gasteiger partial charge >= 0.3 is 0 Å². The monoisotopic (exact) mass is 138 g/mol. The molecule has 0 saturated heterocycles. The molecule has 0 heteroatoms. The van der Waals surface area contributed by atoms with Gasteiger partial charge in [-0.2, -0.15) is 0 Å². The Kier molecular flexibility index (Phi) is 1.71. The average molecular weight is 138 g/mol. The number of hydrogen-bond acceptors (Lipinski definition) is 0. The van der Waals surface area contributed by atoms with E-state index in [4.69, 9.17) is 0 Å². The highest BCUT2D eigenvalue weighted by Crippen LogP contribution is 2.44. The molecule has 2 unspecified atom stereocenters. The molecule has 0 aromatic carbocycles. The van der Waals surface area contributed by atoms with Crippen LogP contribution < -0.4 is 0 Å². The highest BCUT2D eigenvalue weighted by atomic mass is 14.4. The molecule has 2 aliphatic carbocycles. The first-order valence-corrected chi connectivity index (χ1v) is 4.86. The molecule has 0 radical (unpaired) electrons. The summed E-state index contributed by atoms with van der Waals surface area (Å²) in [6, 6.07) is 0. The molecule has 2 aliphatic rings. The van der Waals surface area contributed by atoms with E-state index >= 15 is 0 Å². The van der Waals surface area contributed by atoms with Gasteiger partial charge in [0.05, 0.1) is 0 Å². The molecule has 0 aliphatic heterocycles. The lowest BCUT2D eigenvalue weighted by molar-refractivity contribution is 0.277. The number of rotatable bonds is 0. The minimum Gasteiger partial charge on any atom is -0.0625 e. The molecule has 2 fully saturated rings. The molecule has 0 aromatic rings. The molecular formula is C10H18. The second kappa shape index (κ2) is 2.56. The van der Waals surface area contributed by atoms with Crippen LogP contribution in [0.25, 0.3) is 0 Å². The fourth-order valence-electron chi connectivity index (χ4n) is 3.03. The van der Waals surface area contributed by atoms with Crippen LogP contribution in [0.2, 0.25) is 0 Å². The second-order valence-electron chi connectivity index (χ2n) is 4.38. The lowest BCUT2D eigenvalue weighted by Crippen LogP contribution is -2.12. The van der Waals surface area contributed by atoms with Crippen molar-refractivity contribution in [3.8, 4) is 0 Å². The topological polar surface area (TPSA) is 0 Å². The average Bonchev–Trinajstić information content (AvgIpc) is 2.27. The molecular weight excluding hydrogens is 120 g/mol. The Labute approximate surface area is 64.0 Å². The minimum atomic E-state index is 1.05. The molecule has 2 saturated carbocycles. The van der Waals surface area contributed by atoms with Crippen molar-refractivity contribution in [3.05, 3.63) is 0 Å². The number of fused-ring (bicyclic) bond motifs is 1. The Morgan fingerprint density at radius 2 is 1.40 bits per heavy atom. The molecule has 58 valence electrons. The van der Waals surface area contributed by atoms with Crippen LogP contribution in [0.3, 0.4) is 0 Å². The Bertz CT molecular complexity index is 103. The smallest absolute Gasteiger partial charge is 0.0383 e. The maximum atomic E-state index is 2.43. The van der Waals surface area contributed by atoms with E-state index in [2.05, 4.69) is 6.92 Å². The third kappa shape index (κ3) is 1.09. The van der Waals surface area contributed by atoms with E-state index in [1.807, 2.05) is 0 Å². The zero-order valence-electron chi connectivity index (χ0n) is 6.97. The van der Waals surface area contributed by atoms with E-state index < -0.39 is 0 Å². The summed E-state index contributed by atoms with van der Waals surface area (Å²) in [5.41, 5.74) is 0. The molecule has 2 atom stereocenters. The predicted molar refractivity (Wildman–Crippen MR) is 43.8 cm³/mol. The molecule has 0 N–H and O–H groups in total. The van der Waals surface area contributed by atoms with Crippen molar-refractivity contribution < 1.29 is 0 Å². The highest BCUT2D eigenvalue weighted by molar-refractivity contribution is 4.84. The van der Waals surface area contributed by atoms with Crippen LogP contribution >= 0.6 is 0 Å². The minimum absolute atomic E-state index is 1.05. The summed E-state index contributed by atoms with van der Waals surface area (Å²) in [6.45, 7) is 2.43. The Morgan fingerprint density at radius 1 is 0.900 bits per heavy atom. The van der Waals surface area contributed by atoms with Crippen LogP contribution in [0, 0.1) is 17.8 Å². The second-order valence-corrected chi connectivity index (χ2v) is 4.38. The first-order valence-electron chi connectivity index (χ1n) is 4.86. The molecule has 0 bridgehead atoms. The van der Waals surface area contributed by atoms with Crippen LogP contribution in [-0.2, 0) is 0 Å². The maximum absolute atomic E-state index is 2.43. The van der Waals surface area contributed by atoms with Crippen molar-refractivity contribution >= 4 is 0 Å². The van der Waals surface area contributed by atoms with Crippen LogP contribution in [0.5, 0.6) is 0 Å². The van der Waals surface area contributed by atoms with Crippen molar-refractivity contribution in [1.82, 2.24) is 0 Å². The zero-order valence-corrected chi connectivity index (χ0v) is 6.97. The fraction of sp³-hybridized carbons (Fsp3) is 1.00. The summed E-state index contributed by atoms with van der Waals surface area (Å²) in [6.07, 6.45) is 9.24. The molecule has 0 aromatic heterocycles. The van der Waals surface area contributed by atoms with Crippen molar-refractivity contribution in [3.63, 3.8) is 0 Å². The highest BCUT2D eigenvalue weighted by Gasteiger charge is 2.32. The Hall–Kier alpha value is 0. The van der Waals surface area contributed by atoms with E-state index in [1.54, 1.807) is 25.7 Å². The van der Waals surface area contributed by atoms with E-state index in [-0.39, 0.29) is 0 Å². The molecule has 0 amide bonds. The van der Waals surface area contributed by atoms with Gasteiger partial charge < -0.3 is 0 Å². The normalized spacial score (nSPS) is 47.1. The summed E-state index contributed by atoms with van der Waals surface area (Å²) in [5, 5.41) is 0. The maximum Gasteiger partial charge on any atom is -0.0383 e. The predicted octanol–water partition coefficient (Wildman–Crippen LogP) is 3.22. The SMILES string of the molecule is CC1CC2CCCCC2C1. The van der Waals surface area contributed by atoms with Gasteiger partial charge in [0.1, 0.15) is 0 Å². The largest absolute Gasteiger partial charge is 0.0625 e. The summed E-state index contributed by atoms with van der Waals surface area (Å²) in [4.78, 5) is 0. The van der Waals surface area contributed by atoms with Crippen LogP contribution in [0.4, 0.5) is 0 Å². The quantitative estimate of drug-likeness (QED) is 0.482. The summed E-state index contributed by atoms with van der Waals surface area (Å²) in [7, 11) is 0. The lowest BCUT2D eigenvalue weighted by Gasteiger charge is -2.24. The molecule has 10 heavy (non-hydrogen) atoms. The fourth-order valence-corrected chi connectivity index (χ4v) is 3.03. The third-order valence-electron chi connectivity index (χ3n) is 3.48. The molecule has 0 spiro atoms. The molecule has 2 rings (SSSR count). The van der Waals surface area contributed by atoms with Gasteiger partial charge in [0.25, 0.3) is 0 Å². The van der Waals surface area contributed by atoms with E-state index in [9.17, 15) is 0 Å². The van der Waals surface area contributed by atoms with Crippen molar-refractivity contribution in [2.75, 3.05) is 0 Å². The van der Waals surface area contributed by atoms with Crippen molar-refractivity contribution in [2.45, 2.75) is 45.4 Å². The van der Waals surface area contributed by atoms with Gasteiger partial charge in [-0.05, 0) is 30.6 Å². The van der Waals surface area contributed by atoms with E-state index in [0.29, 0.717) is 0 Å². The van der Waals surface area contributed by atoms with Crippen molar-refractivity contribution in [1.29, 1.82) is 0 Å². The standard InChI is InChI=1S/C10H18/c1-8-6-9-4-2-3-5-10(9)7-8/h8-10H,2-7H2,1H3. The summed E-state index contributed by atoms with van der Waals surface area (Å²) >= 11 is 0. The van der Waals surface area contributed by atoms with Crippen LogP contribution in [0.1, 0.15) is 45.4 Å². The first-order chi connectivity index (χ1) is 4.86. The van der Waals surface area contributed by atoms with Gasteiger partial charge in [-0.3, -0.25) is 0 Å². The first kappa shape index (κ1) is 6.69. The van der Waals surface area contributed by atoms with Gasteiger partial charge in [0.2, 0.25) is 0 Å². The van der Waals surface area contributed by atoms with E-state index in [1.165, 1.54) is 12.8 Å². The lowest BCUT2D eigenvalue weighted by atomic mass is 9.82. The van der Waals surface area contributed by atoms with Gasteiger partial charge in [0, 0.05) is 0 Å². The Balaban J connectivity index is 1.97. The Morgan fingerprint density at radius 3 is 1.90 bits per heavy atom. The van der Waals surface area contributed by atoms with Gasteiger partial charge in [-0.25, -0.2) is 0 Å². The molecule has 0 nitrogen and oxygen atoms in total. The molecule has 0 heterocycles. The third-order valence-corrected chi connectivity index (χ3v) is 3.48. The van der Waals surface area contributed by atoms with E-state index in [0.717, 1.165) is 17.8 Å². The van der Waals surface area contributed by atoms with Gasteiger partial charge in [-0.1, -0.05) is 32.6 Å². The summed E-state index contributed by atoms with van der Waals surface area (Å²) < 4.78 is 0. The van der Waals surface area contributed by atoms with Gasteiger partial charge in [0.15, 0.2) is 0 Å². The zero-order chi connectivity index (χ0) is 6.97. The number of hydrogen-bond donors (Lipinski definition) is 0. The van der Waals surface area contributed by atoms with Crippen LogP contribution in [-0.4, -0.2) is 0 Å². The van der Waals surface area contributed by atoms with Crippen LogP contribution in [0.15, 0.2) is 0 Å². The van der Waals surface area contributed by atoms with Gasteiger partial charge in [-0.15, -0.1) is 0 Å². The van der Waals surface area contributed by atoms with Crippen molar-refractivity contribution in [2.24, 2.45) is 17.8 Å². The summed E-state index contributed by atoms with van der Waals surface area (Å²) in [5.74, 6) is 3.33.